The molecule has 4 atom stereocenters. The molecule has 0 bridgehead atoms. The highest BCUT2D eigenvalue weighted by molar-refractivity contribution is 7.13. The second-order valence-electron chi connectivity index (χ2n) is 20.4. The van der Waals surface area contributed by atoms with E-state index < -0.39 is 64.2 Å². The van der Waals surface area contributed by atoms with Crippen LogP contribution >= 0.6 is 22.9 Å². The summed E-state index contributed by atoms with van der Waals surface area (Å²) in [4.78, 5) is 60.5. The second-order valence-corrected chi connectivity index (χ2v) is 21.6. The molecule has 17 heteroatoms. The molecule has 5 N–H and O–H groups in total. The minimum atomic E-state index is -1.36. The molecule has 4 amide bonds. The number of carbonyl (C=O) groups is 4. The van der Waals surface area contributed by atoms with Gasteiger partial charge in [0.25, 0.3) is 5.91 Å². The van der Waals surface area contributed by atoms with Crippen LogP contribution in [0.3, 0.4) is 0 Å². The number of hydrogen-bond donors (Lipinski definition) is 5. The summed E-state index contributed by atoms with van der Waals surface area (Å²) in [6.07, 6.45) is 0.771. The van der Waals surface area contributed by atoms with Crippen molar-refractivity contribution >= 4 is 46.6 Å². The molecule has 370 valence electrons. The van der Waals surface area contributed by atoms with Crippen molar-refractivity contribution in [3.05, 3.63) is 105 Å². The van der Waals surface area contributed by atoms with Gasteiger partial charge in [-0.1, -0.05) is 103 Å². The Morgan fingerprint density at radius 1 is 1.00 bits per heavy atom. The van der Waals surface area contributed by atoms with Gasteiger partial charge in [-0.15, -0.1) is 11.3 Å². The maximum atomic E-state index is 15.3. The Morgan fingerprint density at radius 2 is 1.70 bits per heavy atom. The number of unbranched alkanes of at least 4 members (excludes halogenated alkanes) is 3. The van der Waals surface area contributed by atoms with Crippen LogP contribution in [0.5, 0.6) is 5.75 Å². The number of rotatable bonds is 19. The van der Waals surface area contributed by atoms with Crippen molar-refractivity contribution in [2.45, 2.75) is 130 Å². The Balaban J connectivity index is 0.901. The van der Waals surface area contributed by atoms with E-state index in [0.717, 1.165) is 29.0 Å². The lowest BCUT2D eigenvalue weighted by molar-refractivity contribution is -0.164. The van der Waals surface area contributed by atoms with Crippen molar-refractivity contribution in [2.75, 3.05) is 19.8 Å². The van der Waals surface area contributed by atoms with E-state index in [1.165, 1.54) is 22.3 Å². The van der Waals surface area contributed by atoms with Crippen molar-refractivity contribution < 1.29 is 43.3 Å². The fourth-order valence-corrected chi connectivity index (χ4v) is 10.8. The summed E-state index contributed by atoms with van der Waals surface area (Å²) >= 11 is 7.73. The number of aliphatic hydroxyl groups is 2. The number of likely N-dealkylation sites (tertiary alicyclic amines) is 1. The normalized spacial score (nSPS) is 20.2. The minimum Gasteiger partial charge on any atom is -0.489 e. The highest BCUT2D eigenvalue weighted by Crippen LogP contribution is 2.55. The van der Waals surface area contributed by atoms with Crippen LogP contribution < -0.4 is 20.7 Å². The lowest BCUT2D eigenvalue weighted by Gasteiger charge is -2.63. The summed E-state index contributed by atoms with van der Waals surface area (Å²) in [7, 11) is 0. The Kier molecular flexibility index (Phi) is 17.0. The number of aryl methyl sites for hydroxylation is 2. The highest BCUT2D eigenvalue weighted by Gasteiger charge is 2.64. The third-order valence-electron chi connectivity index (χ3n) is 13.3. The quantitative estimate of drug-likeness (QED) is 0.0456. The maximum absolute atomic E-state index is 15.3. The highest BCUT2D eigenvalue weighted by atomic mass is 35.5. The summed E-state index contributed by atoms with van der Waals surface area (Å²) in [5, 5.41) is 39.4. The molecular formula is C52H64ClFN6O8S. The zero-order valence-electron chi connectivity index (χ0n) is 40.5. The maximum Gasteiger partial charge on any atom is 0.251 e. The first kappa shape index (κ1) is 52.9. The van der Waals surface area contributed by atoms with Gasteiger partial charge in [-0.05, 0) is 67.0 Å². The average molecular weight is 988 g/mol. The van der Waals surface area contributed by atoms with E-state index in [0.29, 0.717) is 53.3 Å². The molecule has 6 rings (SSSR count). The van der Waals surface area contributed by atoms with Crippen LogP contribution in [0.15, 0.2) is 66.2 Å². The molecule has 1 aliphatic carbocycles. The van der Waals surface area contributed by atoms with Gasteiger partial charge >= 0.3 is 0 Å². The van der Waals surface area contributed by atoms with Crippen LogP contribution in [0.1, 0.15) is 120 Å². The summed E-state index contributed by atoms with van der Waals surface area (Å²) in [5.74, 6) is -1.96. The molecule has 14 nitrogen and oxygen atoms in total. The zero-order chi connectivity index (χ0) is 50.4. The molecule has 69 heavy (non-hydrogen) atoms. The number of carbonyl (C=O) groups excluding carboxylic acids is 4. The third-order valence-corrected chi connectivity index (χ3v) is 14.5. The predicted octanol–water partition coefficient (Wildman–Crippen LogP) is 7.81. The Bertz CT molecular complexity index is 2520. The molecule has 1 saturated heterocycles. The standard InChI is InChI=1S/C52H64ClFN6O8S/c1-30-42(69-29-56-30)32-15-17-33(18-16-32)44(63)58-46(65)40-24-36(61)27-60(40)47(66)43(50(2,3)4)57-41(62)28-67-22-12-10-9-11-13-31-14-19-34(23-39(31)54)45(64)59-48-51(5,6)49(52(48,7)8)68-37-21-20-35(26-55)38(53)25-37/h14-21,23,25,29,36,40,43-44,48-49,61,63H,9-13,22,24,27-28H2,1-8H3,(H,57,62)(H,58,65)(H,59,64)/t36-,40+,43-,44+,48?,49?/m1/s1. The molecule has 4 aromatic rings. The number of benzene rings is 3. The van der Waals surface area contributed by atoms with Gasteiger partial charge in [-0.3, -0.25) is 19.2 Å². The second kappa shape index (κ2) is 22.1. The van der Waals surface area contributed by atoms with Crippen molar-refractivity contribution in [3.63, 3.8) is 0 Å². The number of thiazole rings is 1. The van der Waals surface area contributed by atoms with Crippen molar-refractivity contribution in [2.24, 2.45) is 16.2 Å². The van der Waals surface area contributed by atoms with Crippen LogP contribution in [-0.4, -0.2) is 93.8 Å². The van der Waals surface area contributed by atoms with Crippen molar-refractivity contribution in [3.8, 4) is 22.3 Å². The van der Waals surface area contributed by atoms with Crippen molar-refractivity contribution in [1.82, 2.24) is 25.8 Å². The fourth-order valence-electron chi connectivity index (χ4n) is 9.77. The number of ether oxygens (including phenoxy) is 2. The number of halogens is 2. The van der Waals surface area contributed by atoms with Crippen LogP contribution in [0, 0.1) is 40.3 Å². The van der Waals surface area contributed by atoms with Crippen LogP contribution in [0.2, 0.25) is 5.02 Å². The van der Waals surface area contributed by atoms with Crippen LogP contribution in [-0.2, 0) is 25.5 Å². The summed E-state index contributed by atoms with van der Waals surface area (Å²) in [6, 6.07) is 16.2. The molecule has 0 spiro atoms. The van der Waals surface area contributed by atoms with Gasteiger partial charge in [0, 0.05) is 53.6 Å². The van der Waals surface area contributed by atoms with Gasteiger partial charge in [0.1, 0.15) is 42.4 Å². The minimum absolute atomic E-state index is 0.0288. The number of aliphatic hydroxyl groups excluding tert-OH is 2. The zero-order valence-corrected chi connectivity index (χ0v) is 42.1. The topological polar surface area (TPSA) is 203 Å². The lowest BCUT2D eigenvalue weighted by Crippen LogP contribution is -2.74. The largest absolute Gasteiger partial charge is 0.489 e. The summed E-state index contributed by atoms with van der Waals surface area (Å²) in [6.45, 7) is 15.2. The van der Waals surface area contributed by atoms with Gasteiger partial charge in [0.05, 0.1) is 32.8 Å². The monoisotopic (exact) mass is 986 g/mol. The summed E-state index contributed by atoms with van der Waals surface area (Å²) in [5.41, 5.74) is 3.42. The first-order valence-electron chi connectivity index (χ1n) is 23.3. The van der Waals surface area contributed by atoms with E-state index in [9.17, 15) is 34.7 Å². The number of amides is 4. The number of nitrogens with zero attached hydrogens (tertiary/aromatic N) is 3. The third kappa shape index (κ3) is 12.5. The van der Waals surface area contributed by atoms with E-state index in [1.807, 2.05) is 52.8 Å². The molecule has 0 unspecified atom stereocenters. The first-order chi connectivity index (χ1) is 32.5. The van der Waals surface area contributed by atoms with E-state index in [1.54, 1.807) is 68.7 Å². The lowest BCUT2D eigenvalue weighted by atomic mass is 9.49. The van der Waals surface area contributed by atoms with E-state index >= 15 is 4.39 Å². The summed E-state index contributed by atoms with van der Waals surface area (Å²) < 4.78 is 27.2. The Labute approximate surface area is 412 Å². The molecule has 1 aliphatic heterocycles. The van der Waals surface area contributed by atoms with Gasteiger partial charge in [0.2, 0.25) is 17.7 Å². The van der Waals surface area contributed by atoms with E-state index in [4.69, 9.17) is 21.1 Å². The molecule has 1 saturated carbocycles. The van der Waals surface area contributed by atoms with E-state index in [2.05, 4.69) is 20.9 Å². The molecular weight excluding hydrogens is 923 g/mol. The smallest absolute Gasteiger partial charge is 0.251 e. The molecule has 0 radical (unpaired) electrons. The molecule has 2 heterocycles. The van der Waals surface area contributed by atoms with Gasteiger partial charge in [-0.2, -0.15) is 5.26 Å². The van der Waals surface area contributed by atoms with Crippen molar-refractivity contribution in [1.29, 1.82) is 5.26 Å². The molecule has 1 aromatic heterocycles. The number of nitrogens with one attached hydrogen (secondary N) is 3. The fraction of sp³-hybridized carbons (Fsp3) is 0.500. The number of aromatic nitrogens is 1. The number of nitriles is 1. The Hall–Kier alpha value is -5.44. The average Bonchev–Trinajstić information content (AvgIpc) is 3.92. The SMILES string of the molecule is Cc1ncsc1-c1ccc([C@H](O)NC(=O)[C@@H]2C[C@@H](O)CN2C(=O)[C@@H](NC(=O)COCCCCCCc2ccc(C(=O)NC3C(C)(C)C(Oc4ccc(C#N)c(Cl)c4)C3(C)C)cc2F)C(C)(C)C)cc1. The van der Waals surface area contributed by atoms with Gasteiger partial charge < -0.3 is 40.5 Å². The number of hydrogen-bond acceptors (Lipinski definition) is 11. The molecule has 3 aromatic carbocycles. The molecule has 2 aliphatic rings. The van der Waals surface area contributed by atoms with Gasteiger partial charge in [0.15, 0.2) is 6.23 Å². The van der Waals surface area contributed by atoms with Crippen LogP contribution in [0.4, 0.5) is 4.39 Å². The Morgan fingerprint density at radius 3 is 2.32 bits per heavy atom. The van der Waals surface area contributed by atoms with Crippen LogP contribution in [0.25, 0.3) is 10.4 Å². The number of β-amino-alcohol motifs (C(OH)–C–C–N with tert-alkyl or cyclic N) is 1. The first-order valence-corrected chi connectivity index (χ1v) is 24.6. The predicted molar refractivity (Wildman–Crippen MR) is 262 cm³/mol. The molecule has 2 fully saturated rings. The van der Waals surface area contributed by atoms with E-state index in [-0.39, 0.29) is 43.2 Å². The van der Waals surface area contributed by atoms with Gasteiger partial charge in [-0.25, -0.2) is 9.37 Å².